The first-order chi connectivity index (χ1) is 12.6. The lowest BCUT2D eigenvalue weighted by molar-refractivity contribution is -0.117. The van der Waals surface area contributed by atoms with Crippen molar-refractivity contribution in [3.8, 4) is 5.75 Å². The van der Waals surface area contributed by atoms with Gasteiger partial charge in [0.1, 0.15) is 5.75 Å². The number of piperazine rings is 1. The Morgan fingerprint density at radius 2 is 1.73 bits per heavy atom. The van der Waals surface area contributed by atoms with Crippen LogP contribution in [0, 0.1) is 13.8 Å². The molecule has 26 heavy (non-hydrogen) atoms. The van der Waals surface area contributed by atoms with Crippen LogP contribution in [0.2, 0.25) is 0 Å². The van der Waals surface area contributed by atoms with Crippen molar-refractivity contribution in [2.45, 2.75) is 13.8 Å². The van der Waals surface area contributed by atoms with Gasteiger partial charge in [0.05, 0.1) is 13.7 Å². The lowest BCUT2D eigenvalue weighted by atomic mass is 10.1. The Hall–Kier alpha value is -2.53. The molecule has 3 rings (SSSR count). The van der Waals surface area contributed by atoms with E-state index in [1.807, 2.05) is 31.2 Å². The van der Waals surface area contributed by atoms with Gasteiger partial charge in [-0.15, -0.1) is 0 Å². The summed E-state index contributed by atoms with van der Waals surface area (Å²) in [5.41, 5.74) is 4.43. The third kappa shape index (κ3) is 4.35. The number of hydrogen-bond donors (Lipinski definition) is 1. The quantitative estimate of drug-likeness (QED) is 0.897. The number of carbonyl (C=O) groups excluding carboxylic acids is 1. The van der Waals surface area contributed by atoms with Crippen molar-refractivity contribution in [1.29, 1.82) is 0 Å². The molecule has 5 nitrogen and oxygen atoms in total. The van der Waals surface area contributed by atoms with Gasteiger partial charge in [0.25, 0.3) is 0 Å². The minimum absolute atomic E-state index is 0.0524. The topological polar surface area (TPSA) is 44.8 Å². The average Bonchev–Trinajstić information content (AvgIpc) is 2.66. The Kier molecular flexibility index (Phi) is 5.78. The number of benzene rings is 2. The van der Waals surface area contributed by atoms with Gasteiger partial charge in [-0.2, -0.15) is 0 Å². The molecule has 0 unspecified atom stereocenters. The molecule has 1 fully saturated rings. The minimum atomic E-state index is 0.0524. The van der Waals surface area contributed by atoms with Crippen molar-refractivity contribution in [1.82, 2.24) is 4.90 Å². The van der Waals surface area contributed by atoms with Crippen LogP contribution in [0.1, 0.15) is 11.1 Å². The van der Waals surface area contributed by atoms with Crippen molar-refractivity contribution in [2.24, 2.45) is 0 Å². The highest BCUT2D eigenvalue weighted by Gasteiger charge is 2.19. The number of nitrogens with one attached hydrogen (secondary N) is 1. The van der Waals surface area contributed by atoms with E-state index in [1.54, 1.807) is 7.11 Å². The molecule has 0 spiro atoms. The van der Waals surface area contributed by atoms with Gasteiger partial charge < -0.3 is 15.0 Å². The maximum atomic E-state index is 12.4. The predicted octanol–water partition coefficient (Wildman–Crippen LogP) is 3.07. The van der Waals surface area contributed by atoms with E-state index in [1.165, 1.54) is 11.3 Å². The second-order valence-electron chi connectivity index (χ2n) is 6.76. The van der Waals surface area contributed by atoms with Gasteiger partial charge in [0.15, 0.2) is 0 Å². The van der Waals surface area contributed by atoms with Crippen molar-refractivity contribution in [3.05, 3.63) is 53.6 Å². The zero-order chi connectivity index (χ0) is 18.5. The van der Waals surface area contributed by atoms with Crippen LogP contribution in [0.4, 0.5) is 11.4 Å². The molecule has 138 valence electrons. The van der Waals surface area contributed by atoms with Crippen LogP contribution in [0.15, 0.2) is 42.5 Å². The summed E-state index contributed by atoms with van der Waals surface area (Å²) in [6, 6.07) is 14.1. The molecule has 1 heterocycles. The summed E-state index contributed by atoms with van der Waals surface area (Å²) < 4.78 is 5.21. The highest BCUT2D eigenvalue weighted by Crippen LogP contribution is 2.21. The standard InChI is InChI=1S/C21H27N3O2/c1-16-5-4-6-20(17(16)2)22-21(25)15-23-11-13-24(14-12-23)18-7-9-19(26-3)10-8-18/h4-10H,11-15H2,1-3H3,(H,22,25). The Morgan fingerprint density at radius 3 is 2.38 bits per heavy atom. The molecular formula is C21H27N3O2. The number of methoxy groups -OCH3 is 1. The lowest BCUT2D eigenvalue weighted by Crippen LogP contribution is -2.48. The molecular weight excluding hydrogens is 326 g/mol. The molecule has 1 aliphatic rings. The average molecular weight is 353 g/mol. The van der Waals surface area contributed by atoms with Gasteiger partial charge in [-0.05, 0) is 55.3 Å². The van der Waals surface area contributed by atoms with Crippen molar-refractivity contribution < 1.29 is 9.53 Å². The van der Waals surface area contributed by atoms with E-state index in [4.69, 9.17) is 4.74 Å². The van der Waals surface area contributed by atoms with Crippen LogP contribution in [-0.4, -0.2) is 50.6 Å². The predicted molar refractivity (Wildman–Crippen MR) is 106 cm³/mol. The van der Waals surface area contributed by atoms with Gasteiger partial charge in [0, 0.05) is 37.6 Å². The van der Waals surface area contributed by atoms with Gasteiger partial charge >= 0.3 is 0 Å². The number of rotatable bonds is 5. The van der Waals surface area contributed by atoms with E-state index in [-0.39, 0.29) is 5.91 Å². The monoisotopic (exact) mass is 353 g/mol. The van der Waals surface area contributed by atoms with Gasteiger partial charge in [0.2, 0.25) is 5.91 Å². The lowest BCUT2D eigenvalue weighted by Gasteiger charge is -2.35. The van der Waals surface area contributed by atoms with E-state index in [0.717, 1.165) is 43.2 Å². The maximum Gasteiger partial charge on any atom is 0.238 e. The summed E-state index contributed by atoms with van der Waals surface area (Å²) in [5, 5.41) is 3.05. The molecule has 5 heteroatoms. The van der Waals surface area contributed by atoms with E-state index in [2.05, 4.69) is 40.2 Å². The SMILES string of the molecule is COc1ccc(N2CCN(CC(=O)Nc3cccc(C)c3C)CC2)cc1. The van der Waals surface area contributed by atoms with Gasteiger partial charge in [-0.25, -0.2) is 0 Å². The highest BCUT2D eigenvalue weighted by molar-refractivity contribution is 5.93. The van der Waals surface area contributed by atoms with Crippen molar-refractivity contribution in [3.63, 3.8) is 0 Å². The zero-order valence-electron chi connectivity index (χ0n) is 15.8. The van der Waals surface area contributed by atoms with Crippen LogP contribution >= 0.6 is 0 Å². The first kappa shape index (κ1) is 18.3. The molecule has 0 radical (unpaired) electrons. The number of carbonyl (C=O) groups is 1. The number of aryl methyl sites for hydroxylation is 1. The van der Waals surface area contributed by atoms with Gasteiger partial charge in [-0.1, -0.05) is 12.1 Å². The van der Waals surface area contributed by atoms with E-state index in [9.17, 15) is 4.79 Å². The smallest absolute Gasteiger partial charge is 0.238 e. The Balaban J connectivity index is 1.50. The molecule has 2 aromatic rings. The van der Waals surface area contributed by atoms with E-state index in [0.29, 0.717) is 6.54 Å². The fourth-order valence-electron chi connectivity index (χ4n) is 3.24. The van der Waals surface area contributed by atoms with Crippen molar-refractivity contribution >= 4 is 17.3 Å². The van der Waals surface area contributed by atoms with Gasteiger partial charge in [-0.3, -0.25) is 9.69 Å². The Bertz CT molecular complexity index is 750. The summed E-state index contributed by atoms with van der Waals surface area (Å²) in [4.78, 5) is 16.9. The zero-order valence-corrected chi connectivity index (χ0v) is 15.8. The summed E-state index contributed by atoms with van der Waals surface area (Å²) in [6.07, 6.45) is 0. The molecule has 2 aromatic carbocycles. The van der Waals surface area contributed by atoms with E-state index >= 15 is 0 Å². The number of amides is 1. The van der Waals surface area contributed by atoms with Crippen LogP contribution in [0.3, 0.4) is 0 Å². The molecule has 0 atom stereocenters. The second kappa shape index (κ2) is 8.23. The summed E-state index contributed by atoms with van der Waals surface area (Å²) in [7, 11) is 1.68. The summed E-state index contributed by atoms with van der Waals surface area (Å²) >= 11 is 0. The summed E-state index contributed by atoms with van der Waals surface area (Å²) in [5.74, 6) is 0.923. The fourth-order valence-corrected chi connectivity index (χ4v) is 3.24. The first-order valence-electron chi connectivity index (χ1n) is 9.04. The maximum absolute atomic E-state index is 12.4. The second-order valence-corrected chi connectivity index (χ2v) is 6.76. The van der Waals surface area contributed by atoms with Crippen LogP contribution in [0.25, 0.3) is 0 Å². The Morgan fingerprint density at radius 1 is 1.04 bits per heavy atom. The fraction of sp³-hybridized carbons (Fsp3) is 0.381. The molecule has 0 aromatic heterocycles. The number of anilines is 2. The molecule has 1 N–H and O–H groups in total. The number of ether oxygens (including phenoxy) is 1. The molecule has 1 saturated heterocycles. The third-order valence-electron chi connectivity index (χ3n) is 5.06. The van der Waals surface area contributed by atoms with Crippen molar-refractivity contribution in [2.75, 3.05) is 50.1 Å². The molecule has 0 saturated carbocycles. The first-order valence-corrected chi connectivity index (χ1v) is 9.04. The highest BCUT2D eigenvalue weighted by atomic mass is 16.5. The molecule has 1 amide bonds. The Labute approximate surface area is 155 Å². The third-order valence-corrected chi connectivity index (χ3v) is 5.06. The molecule has 0 bridgehead atoms. The van der Waals surface area contributed by atoms with Crippen LogP contribution in [0.5, 0.6) is 5.75 Å². The number of nitrogens with zero attached hydrogens (tertiary/aromatic N) is 2. The minimum Gasteiger partial charge on any atom is -0.497 e. The van der Waals surface area contributed by atoms with Crippen LogP contribution in [-0.2, 0) is 4.79 Å². The van der Waals surface area contributed by atoms with E-state index < -0.39 is 0 Å². The normalized spacial score (nSPS) is 15.0. The largest absolute Gasteiger partial charge is 0.497 e. The summed E-state index contributed by atoms with van der Waals surface area (Å²) in [6.45, 7) is 8.14. The van der Waals surface area contributed by atoms with Crippen LogP contribution < -0.4 is 15.0 Å². The molecule has 0 aliphatic carbocycles. The number of hydrogen-bond acceptors (Lipinski definition) is 4. The molecule has 1 aliphatic heterocycles.